The van der Waals surface area contributed by atoms with Gasteiger partial charge in [-0.05, 0) is 59.2 Å². The lowest BCUT2D eigenvalue weighted by Crippen LogP contribution is -2.31. The molecular weight excluding hydrogens is 545 g/mol. The number of nitrogens with zero attached hydrogens (tertiary/aromatic N) is 5. The lowest BCUT2D eigenvalue weighted by molar-refractivity contribution is 0.117. The number of halogens is 2. The van der Waals surface area contributed by atoms with Crippen LogP contribution < -0.4 is 4.74 Å². The van der Waals surface area contributed by atoms with Gasteiger partial charge in [-0.25, -0.2) is 14.6 Å². The topological polar surface area (TPSA) is 78.0 Å². The third kappa shape index (κ3) is 4.52. The molecule has 1 atom stereocenters. The second-order valence-electron chi connectivity index (χ2n) is 9.55. The molecule has 7 nitrogen and oxygen atoms in total. The van der Waals surface area contributed by atoms with Crippen LogP contribution in [-0.2, 0) is 19.1 Å². The summed E-state index contributed by atoms with van der Waals surface area (Å²) in [4.78, 5) is 9.02. The zero-order valence-electron chi connectivity index (χ0n) is 21.8. The van der Waals surface area contributed by atoms with Crippen molar-refractivity contribution in [1.82, 2.24) is 24.3 Å². The Hall–Kier alpha value is -4.17. The number of hydrogen-bond donors (Lipinski definition) is 1. The Morgan fingerprint density at radius 1 is 0.975 bits per heavy atom. The van der Waals surface area contributed by atoms with Crippen molar-refractivity contribution < 1.29 is 9.84 Å². The predicted octanol–water partition coefficient (Wildman–Crippen LogP) is 6.34. The van der Waals surface area contributed by atoms with E-state index < -0.39 is 5.60 Å². The van der Waals surface area contributed by atoms with Crippen molar-refractivity contribution in [2.45, 2.75) is 12.0 Å². The van der Waals surface area contributed by atoms with Crippen molar-refractivity contribution in [2.24, 2.45) is 7.05 Å². The first-order chi connectivity index (χ1) is 19.4. The minimum atomic E-state index is -1.52. The van der Waals surface area contributed by atoms with Gasteiger partial charge in [0.25, 0.3) is 0 Å². The van der Waals surface area contributed by atoms with Gasteiger partial charge in [0.1, 0.15) is 0 Å². The highest BCUT2D eigenvalue weighted by Gasteiger charge is 2.37. The monoisotopic (exact) mass is 569 g/mol. The van der Waals surface area contributed by atoms with Crippen LogP contribution in [0.4, 0.5) is 0 Å². The molecule has 9 heteroatoms. The van der Waals surface area contributed by atoms with E-state index in [9.17, 15) is 5.11 Å². The van der Waals surface area contributed by atoms with Gasteiger partial charge < -0.3 is 14.4 Å². The van der Waals surface area contributed by atoms with Crippen LogP contribution in [0, 0.1) is 0 Å². The molecule has 3 aromatic carbocycles. The number of hydrogen-bond acceptors (Lipinski definition) is 5. The van der Waals surface area contributed by atoms with E-state index in [1.165, 1.54) is 0 Å². The molecule has 0 radical (unpaired) electrons. The number of pyridine rings is 1. The number of aromatic nitrogens is 5. The van der Waals surface area contributed by atoms with Crippen LogP contribution in [0.15, 0.2) is 97.7 Å². The van der Waals surface area contributed by atoms with Gasteiger partial charge in [0, 0.05) is 41.8 Å². The standard InChI is InChI=1S/C31H25Cl2N5O2/c1-37-19-34-18-28(37)31(39,21-6-9-23(32)10-7-21)22-8-13-27-25(17-22)29(33)26(30(36-27)40-2)16-20-4-11-24(12-5-20)38-15-3-14-35-38/h3-15,17-19,39H,16H2,1-2H3/t31-/m1/s1. The third-order valence-corrected chi connectivity index (χ3v) is 7.81. The van der Waals surface area contributed by atoms with E-state index in [2.05, 4.69) is 10.1 Å². The Balaban J connectivity index is 1.46. The molecule has 0 aliphatic rings. The van der Waals surface area contributed by atoms with Gasteiger partial charge >= 0.3 is 0 Å². The molecule has 0 unspecified atom stereocenters. The number of rotatable bonds is 7. The number of ether oxygens (including phenoxy) is 1. The minimum Gasteiger partial charge on any atom is -0.481 e. The highest BCUT2D eigenvalue weighted by Crippen LogP contribution is 2.41. The third-order valence-electron chi connectivity index (χ3n) is 7.12. The van der Waals surface area contributed by atoms with Gasteiger partial charge in [-0.3, -0.25) is 0 Å². The Morgan fingerprint density at radius 3 is 2.38 bits per heavy atom. The van der Waals surface area contributed by atoms with Crippen LogP contribution in [-0.4, -0.2) is 36.5 Å². The van der Waals surface area contributed by atoms with Gasteiger partial charge in [0.15, 0.2) is 5.60 Å². The maximum Gasteiger partial charge on any atom is 0.218 e. The van der Waals surface area contributed by atoms with Crippen molar-refractivity contribution in [3.63, 3.8) is 0 Å². The van der Waals surface area contributed by atoms with Crippen molar-refractivity contribution in [3.05, 3.63) is 136 Å². The van der Waals surface area contributed by atoms with Crippen molar-refractivity contribution >= 4 is 34.1 Å². The Bertz CT molecular complexity index is 1800. The fourth-order valence-electron chi connectivity index (χ4n) is 5.04. The van der Waals surface area contributed by atoms with Crippen molar-refractivity contribution in [3.8, 4) is 11.6 Å². The SMILES string of the molecule is COc1nc2ccc([C@](O)(c3ccc(Cl)cc3)c3cncn3C)cc2c(Cl)c1Cc1ccc(-n2cccn2)cc1. The summed E-state index contributed by atoms with van der Waals surface area (Å²) in [7, 11) is 3.43. The van der Waals surface area contributed by atoms with Crippen molar-refractivity contribution in [2.75, 3.05) is 7.11 Å². The molecule has 0 fully saturated rings. The molecule has 0 aliphatic heterocycles. The number of fused-ring (bicyclic) bond motifs is 1. The molecule has 0 saturated carbocycles. The van der Waals surface area contributed by atoms with Crippen molar-refractivity contribution in [1.29, 1.82) is 0 Å². The summed E-state index contributed by atoms with van der Waals surface area (Å²) in [5, 5.41) is 18.4. The van der Waals surface area contributed by atoms with E-state index in [1.807, 2.05) is 73.9 Å². The lowest BCUT2D eigenvalue weighted by atomic mass is 9.83. The summed E-state index contributed by atoms with van der Waals surface area (Å²) >= 11 is 13.3. The predicted molar refractivity (Wildman–Crippen MR) is 156 cm³/mol. The van der Waals surface area contributed by atoms with Gasteiger partial charge in [0.2, 0.25) is 5.88 Å². The molecule has 3 aromatic heterocycles. The quantitative estimate of drug-likeness (QED) is 0.242. The first-order valence-corrected chi connectivity index (χ1v) is 13.3. The zero-order chi connectivity index (χ0) is 27.9. The molecule has 6 rings (SSSR count). The number of imidazole rings is 1. The molecule has 0 spiro atoms. The molecule has 3 heterocycles. The second-order valence-corrected chi connectivity index (χ2v) is 10.4. The largest absolute Gasteiger partial charge is 0.481 e. The van der Waals surface area contributed by atoms with E-state index in [4.69, 9.17) is 32.9 Å². The van der Waals surface area contributed by atoms with Crippen LogP contribution in [0.5, 0.6) is 5.88 Å². The van der Waals surface area contributed by atoms with E-state index in [-0.39, 0.29) is 0 Å². The molecule has 1 N–H and O–H groups in total. The Labute approximate surface area is 241 Å². The summed E-state index contributed by atoms with van der Waals surface area (Å²) in [5.74, 6) is 0.459. The maximum atomic E-state index is 12.3. The fourth-order valence-corrected chi connectivity index (χ4v) is 5.47. The molecule has 0 amide bonds. The Morgan fingerprint density at radius 2 is 1.73 bits per heavy atom. The summed E-state index contributed by atoms with van der Waals surface area (Å²) in [6, 6.07) is 22.7. The molecule has 0 aliphatic carbocycles. The first kappa shape index (κ1) is 26.1. The van der Waals surface area contributed by atoms with Gasteiger partial charge in [-0.1, -0.05) is 53.5 Å². The van der Waals surface area contributed by atoms with Crippen LogP contribution in [0.25, 0.3) is 16.6 Å². The molecule has 40 heavy (non-hydrogen) atoms. The average Bonchev–Trinajstić information content (AvgIpc) is 3.67. The zero-order valence-corrected chi connectivity index (χ0v) is 23.3. The number of benzene rings is 3. The normalized spacial score (nSPS) is 12.9. The molecule has 200 valence electrons. The van der Waals surface area contributed by atoms with Crippen LogP contribution >= 0.6 is 23.2 Å². The smallest absolute Gasteiger partial charge is 0.218 e. The van der Waals surface area contributed by atoms with Gasteiger partial charge in [-0.2, -0.15) is 5.10 Å². The van der Waals surface area contributed by atoms with E-state index >= 15 is 0 Å². The minimum absolute atomic E-state index is 0.459. The lowest BCUT2D eigenvalue weighted by Gasteiger charge is -2.30. The Kier molecular flexibility index (Phi) is 6.80. The first-order valence-electron chi connectivity index (χ1n) is 12.6. The van der Waals surface area contributed by atoms with E-state index in [0.29, 0.717) is 50.1 Å². The van der Waals surface area contributed by atoms with Crippen LogP contribution in [0.3, 0.4) is 0 Å². The summed E-state index contributed by atoms with van der Waals surface area (Å²) in [6.07, 6.45) is 7.47. The second kappa shape index (κ2) is 10.4. The highest BCUT2D eigenvalue weighted by atomic mass is 35.5. The van der Waals surface area contributed by atoms with E-state index in [1.54, 1.807) is 47.2 Å². The number of methoxy groups -OCH3 is 1. The molecule has 0 saturated heterocycles. The van der Waals surface area contributed by atoms with E-state index in [0.717, 1.165) is 16.8 Å². The average molecular weight is 570 g/mol. The van der Waals surface area contributed by atoms with Gasteiger partial charge in [0.05, 0.1) is 41.6 Å². The van der Waals surface area contributed by atoms with Crippen LogP contribution in [0.2, 0.25) is 10.0 Å². The summed E-state index contributed by atoms with van der Waals surface area (Å²) < 4.78 is 9.26. The highest BCUT2D eigenvalue weighted by molar-refractivity contribution is 6.36. The molecule has 0 bridgehead atoms. The maximum absolute atomic E-state index is 12.3. The number of aliphatic hydroxyl groups is 1. The number of aryl methyl sites for hydroxylation is 1. The summed E-state index contributed by atoms with van der Waals surface area (Å²) in [6.45, 7) is 0. The van der Waals surface area contributed by atoms with Gasteiger partial charge in [-0.15, -0.1) is 0 Å². The molecular formula is C31H25Cl2N5O2. The fraction of sp³-hybridized carbons (Fsp3) is 0.129. The molecule has 6 aromatic rings. The summed E-state index contributed by atoms with van der Waals surface area (Å²) in [5.41, 5.74) is 3.78. The van der Waals surface area contributed by atoms with Crippen LogP contribution in [0.1, 0.15) is 27.9 Å².